The Bertz CT molecular complexity index is 482. The molecule has 2 aliphatic rings. The van der Waals surface area contributed by atoms with Gasteiger partial charge in [-0.25, -0.2) is 0 Å². The Kier molecular flexibility index (Phi) is 3.66. The van der Waals surface area contributed by atoms with Gasteiger partial charge in [0.15, 0.2) is 0 Å². The van der Waals surface area contributed by atoms with Crippen molar-refractivity contribution in [3.63, 3.8) is 0 Å². The van der Waals surface area contributed by atoms with E-state index in [4.69, 9.17) is 10.5 Å². The van der Waals surface area contributed by atoms with Crippen LogP contribution in [-0.4, -0.2) is 29.6 Å². The minimum Gasteiger partial charge on any atom is -0.399 e. The molecule has 20 heavy (non-hydrogen) atoms. The second kappa shape index (κ2) is 5.44. The zero-order chi connectivity index (χ0) is 14.1. The normalized spacial score (nSPS) is 25.6. The topological polar surface area (TPSA) is 55.6 Å². The third kappa shape index (κ3) is 2.80. The van der Waals surface area contributed by atoms with Crippen molar-refractivity contribution < 1.29 is 9.53 Å². The van der Waals surface area contributed by atoms with Gasteiger partial charge in [-0.1, -0.05) is 12.1 Å². The van der Waals surface area contributed by atoms with Gasteiger partial charge in [-0.3, -0.25) is 4.79 Å². The second-order valence-electron chi connectivity index (χ2n) is 5.91. The molecule has 108 valence electrons. The molecule has 1 aliphatic heterocycles. The number of carbonyl (C=O) groups is 1. The lowest BCUT2D eigenvalue weighted by Crippen LogP contribution is -2.39. The monoisotopic (exact) mass is 274 g/mol. The van der Waals surface area contributed by atoms with E-state index >= 15 is 0 Å². The number of rotatable bonds is 4. The van der Waals surface area contributed by atoms with Crippen molar-refractivity contribution in [2.75, 3.05) is 12.3 Å². The van der Waals surface area contributed by atoms with Crippen LogP contribution in [-0.2, 0) is 16.1 Å². The Morgan fingerprint density at radius 2 is 2.00 bits per heavy atom. The number of benzene rings is 1. The van der Waals surface area contributed by atoms with E-state index in [1.807, 2.05) is 36.1 Å². The second-order valence-corrected chi connectivity index (χ2v) is 5.91. The molecule has 1 amide bonds. The molecule has 1 heterocycles. The maximum absolute atomic E-state index is 12.7. The van der Waals surface area contributed by atoms with E-state index in [9.17, 15) is 4.79 Å². The summed E-state index contributed by atoms with van der Waals surface area (Å²) in [4.78, 5) is 14.8. The summed E-state index contributed by atoms with van der Waals surface area (Å²) >= 11 is 0. The van der Waals surface area contributed by atoms with Crippen LogP contribution in [0.15, 0.2) is 24.3 Å². The molecule has 3 rings (SSSR count). The van der Waals surface area contributed by atoms with E-state index in [-0.39, 0.29) is 17.9 Å². The number of carbonyl (C=O) groups excluding carboxylic acids is 1. The molecule has 4 nitrogen and oxygen atoms in total. The standard InChI is InChI=1S/C16H22N2O2/c1-11-15(8-9-20-11)16(19)18(14-6-7-14)10-12-2-4-13(17)5-3-12/h2-5,11,14-15H,6-10,17H2,1H3. The lowest BCUT2D eigenvalue weighted by Gasteiger charge is -2.27. The zero-order valence-corrected chi connectivity index (χ0v) is 11.9. The Balaban J connectivity index is 1.72. The van der Waals surface area contributed by atoms with Gasteiger partial charge in [0.1, 0.15) is 0 Å². The molecule has 2 N–H and O–H groups in total. The highest BCUT2D eigenvalue weighted by atomic mass is 16.5. The number of hydrogen-bond acceptors (Lipinski definition) is 3. The molecule has 1 aromatic rings. The van der Waals surface area contributed by atoms with Gasteiger partial charge < -0.3 is 15.4 Å². The molecular weight excluding hydrogens is 252 g/mol. The molecule has 0 bridgehead atoms. The predicted octanol–water partition coefficient (Wildman–Crippen LogP) is 2.18. The fourth-order valence-electron chi connectivity index (χ4n) is 2.86. The van der Waals surface area contributed by atoms with Crippen molar-refractivity contribution in [2.45, 2.75) is 44.9 Å². The van der Waals surface area contributed by atoms with E-state index < -0.39 is 0 Å². The summed E-state index contributed by atoms with van der Waals surface area (Å²) in [6.07, 6.45) is 3.16. The summed E-state index contributed by atoms with van der Waals surface area (Å²) < 4.78 is 5.54. The van der Waals surface area contributed by atoms with Gasteiger partial charge in [0.2, 0.25) is 5.91 Å². The number of ether oxygens (including phenoxy) is 1. The molecular formula is C16H22N2O2. The van der Waals surface area contributed by atoms with E-state index in [1.165, 1.54) is 0 Å². The van der Waals surface area contributed by atoms with Crippen LogP contribution in [0, 0.1) is 5.92 Å². The first-order valence-corrected chi connectivity index (χ1v) is 7.41. The summed E-state index contributed by atoms with van der Waals surface area (Å²) in [7, 11) is 0. The SMILES string of the molecule is CC1OCCC1C(=O)N(Cc1ccc(N)cc1)C1CC1. The Labute approximate surface area is 119 Å². The Morgan fingerprint density at radius 1 is 1.30 bits per heavy atom. The molecule has 1 saturated heterocycles. The molecule has 0 radical (unpaired) electrons. The smallest absolute Gasteiger partial charge is 0.228 e. The molecule has 1 aliphatic carbocycles. The van der Waals surface area contributed by atoms with Crippen LogP contribution in [0.5, 0.6) is 0 Å². The van der Waals surface area contributed by atoms with Crippen LogP contribution < -0.4 is 5.73 Å². The van der Waals surface area contributed by atoms with Gasteiger partial charge in [-0.15, -0.1) is 0 Å². The Morgan fingerprint density at radius 3 is 2.55 bits per heavy atom. The van der Waals surface area contributed by atoms with E-state index in [1.54, 1.807) is 0 Å². The summed E-state index contributed by atoms with van der Waals surface area (Å²) in [5.74, 6) is 0.290. The third-order valence-corrected chi connectivity index (χ3v) is 4.30. The van der Waals surface area contributed by atoms with Gasteiger partial charge >= 0.3 is 0 Å². The van der Waals surface area contributed by atoms with Crippen LogP contribution in [0.25, 0.3) is 0 Å². The molecule has 4 heteroatoms. The van der Waals surface area contributed by atoms with E-state index in [0.29, 0.717) is 19.2 Å². The number of hydrogen-bond donors (Lipinski definition) is 1. The van der Waals surface area contributed by atoms with E-state index in [2.05, 4.69) is 0 Å². The van der Waals surface area contributed by atoms with Crippen LogP contribution in [0.3, 0.4) is 0 Å². The highest BCUT2D eigenvalue weighted by Gasteiger charge is 2.39. The average molecular weight is 274 g/mol. The van der Waals surface area contributed by atoms with Crippen molar-refractivity contribution in [1.29, 1.82) is 0 Å². The minimum atomic E-state index is 0.0318. The number of nitrogen functional groups attached to an aromatic ring is 1. The highest BCUT2D eigenvalue weighted by molar-refractivity contribution is 5.80. The molecule has 2 unspecified atom stereocenters. The molecule has 2 atom stereocenters. The van der Waals surface area contributed by atoms with Crippen LogP contribution in [0.1, 0.15) is 31.7 Å². The average Bonchev–Trinajstić information content (AvgIpc) is 3.19. The fraction of sp³-hybridized carbons (Fsp3) is 0.562. The van der Waals surface area contributed by atoms with Crippen LogP contribution in [0.4, 0.5) is 5.69 Å². The summed E-state index contributed by atoms with van der Waals surface area (Å²) in [6.45, 7) is 3.40. The highest BCUT2D eigenvalue weighted by Crippen LogP contribution is 2.32. The van der Waals surface area contributed by atoms with Gasteiger partial charge in [-0.05, 0) is 43.9 Å². The lowest BCUT2D eigenvalue weighted by molar-refractivity contribution is -0.138. The van der Waals surface area contributed by atoms with Crippen molar-refractivity contribution >= 4 is 11.6 Å². The minimum absolute atomic E-state index is 0.0318. The first-order chi connectivity index (χ1) is 9.65. The van der Waals surface area contributed by atoms with Crippen LogP contribution in [0.2, 0.25) is 0 Å². The maximum Gasteiger partial charge on any atom is 0.228 e. The first-order valence-electron chi connectivity index (χ1n) is 7.41. The number of anilines is 1. The summed E-state index contributed by atoms with van der Waals surface area (Å²) in [6, 6.07) is 8.23. The van der Waals surface area contributed by atoms with E-state index in [0.717, 1.165) is 30.5 Å². The van der Waals surface area contributed by atoms with Gasteiger partial charge in [-0.2, -0.15) is 0 Å². The first kappa shape index (κ1) is 13.4. The van der Waals surface area contributed by atoms with Crippen LogP contribution >= 0.6 is 0 Å². The predicted molar refractivity (Wildman–Crippen MR) is 77.9 cm³/mol. The van der Waals surface area contributed by atoms with Gasteiger partial charge in [0.25, 0.3) is 0 Å². The Hall–Kier alpha value is -1.55. The van der Waals surface area contributed by atoms with Gasteiger partial charge in [0, 0.05) is 24.9 Å². The molecule has 0 spiro atoms. The summed E-state index contributed by atoms with van der Waals surface area (Å²) in [5.41, 5.74) is 7.61. The molecule has 1 aromatic carbocycles. The third-order valence-electron chi connectivity index (χ3n) is 4.30. The molecule has 2 fully saturated rings. The maximum atomic E-state index is 12.7. The number of nitrogens with two attached hydrogens (primary N) is 1. The molecule has 1 saturated carbocycles. The zero-order valence-electron chi connectivity index (χ0n) is 11.9. The summed E-state index contributed by atoms with van der Waals surface area (Å²) in [5, 5.41) is 0. The quantitative estimate of drug-likeness (QED) is 0.856. The van der Waals surface area contributed by atoms with Crippen molar-refractivity contribution in [2.24, 2.45) is 5.92 Å². The molecule has 0 aromatic heterocycles. The number of nitrogens with zero attached hydrogens (tertiary/aromatic N) is 1. The largest absolute Gasteiger partial charge is 0.399 e. The number of amides is 1. The fourth-order valence-corrected chi connectivity index (χ4v) is 2.86. The van der Waals surface area contributed by atoms with Crippen molar-refractivity contribution in [1.82, 2.24) is 4.90 Å². The van der Waals surface area contributed by atoms with Gasteiger partial charge in [0.05, 0.1) is 12.0 Å². The lowest BCUT2D eigenvalue weighted by atomic mass is 10.0. The van der Waals surface area contributed by atoms with Crippen molar-refractivity contribution in [3.05, 3.63) is 29.8 Å². The van der Waals surface area contributed by atoms with Crippen molar-refractivity contribution in [3.8, 4) is 0 Å².